The first-order valence-corrected chi connectivity index (χ1v) is 6.72. The van der Waals surface area contributed by atoms with Gasteiger partial charge in [0.15, 0.2) is 0 Å². The minimum Gasteiger partial charge on any atom is -0.481 e. The predicted octanol–water partition coefficient (Wildman–Crippen LogP) is 2.77. The van der Waals surface area contributed by atoms with E-state index < -0.39 is 5.97 Å². The van der Waals surface area contributed by atoms with Crippen molar-refractivity contribution in [2.24, 2.45) is 11.3 Å². The molecule has 1 heterocycles. The summed E-state index contributed by atoms with van der Waals surface area (Å²) in [7, 11) is 0. The molecular formula is C11H18O2S. The molecule has 2 rings (SSSR count). The molecule has 1 saturated heterocycles. The standard InChI is InChI=1S/C11H18O2S/c12-10(13)11(5-1-2-6-11)9-4-3-7-14-8-9/h9H,1-8H2,(H,12,13). The summed E-state index contributed by atoms with van der Waals surface area (Å²) in [6.45, 7) is 0. The monoisotopic (exact) mass is 214 g/mol. The maximum Gasteiger partial charge on any atom is 0.309 e. The Kier molecular flexibility index (Phi) is 3.05. The zero-order chi connectivity index (χ0) is 10.0. The average molecular weight is 214 g/mol. The summed E-state index contributed by atoms with van der Waals surface area (Å²) in [4.78, 5) is 11.4. The van der Waals surface area contributed by atoms with Crippen molar-refractivity contribution >= 4 is 17.7 Å². The van der Waals surface area contributed by atoms with E-state index in [0.29, 0.717) is 5.92 Å². The van der Waals surface area contributed by atoms with Crippen LogP contribution in [0.15, 0.2) is 0 Å². The zero-order valence-corrected chi connectivity index (χ0v) is 9.31. The van der Waals surface area contributed by atoms with E-state index in [1.165, 1.54) is 12.2 Å². The fourth-order valence-corrected chi connectivity index (χ4v) is 4.29. The molecule has 2 aliphatic rings. The molecule has 1 unspecified atom stereocenters. The van der Waals surface area contributed by atoms with E-state index in [-0.39, 0.29) is 5.41 Å². The van der Waals surface area contributed by atoms with Gasteiger partial charge >= 0.3 is 5.97 Å². The maximum atomic E-state index is 11.4. The lowest BCUT2D eigenvalue weighted by atomic mass is 9.72. The summed E-state index contributed by atoms with van der Waals surface area (Å²) >= 11 is 1.94. The van der Waals surface area contributed by atoms with E-state index in [0.717, 1.165) is 37.9 Å². The Hall–Kier alpha value is -0.180. The second-order valence-electron chi connectivity index (χ2n) is 4.58. The molecule has 0 aromatic rings. The molecule has 80 valence electrons. The third-order valence-corrected chi connectivity index (χ3v) is 5.08. The molecule has 0 aromatic carbocycles. The van der Waals surface area contributed by atoms with Crippen LogP contribution in [0.3, 0.4) is 0 Å². The zero-order valence-electron chi connectivity index (χ0n) is 8.50. The van der Waals surface area contributed by atoms with Crippen LogP contribution in [0, 0.1) is 11.3 Å². The molecule has 0 spiro atoms. The van der Waals surface area contributed by atoms with Crippen LogP contribution in [0.1, 0.15) is 38.5 Å². The van der Waals surface area contributed by atoms with E-state index in [1.807, 2.05) is 11.8 Å². The molecule has 0 radical (unpaired) electrons. The summed E-state index contributed by atoms with van der Waals surface area (Å²) in [6, 6.07) is 0. The van der Waals surface area contributed by atoms with Gasteiger partial charge in [0, 0.05) is 0 Å². The average Bonchev–Trinajstić information content (AvgIpc) is 2.69. The fraction of sp³-hybridized carbons (Fsp3) is 0.909. The number of thioether (sulfide) groups is 1. The van der Waals surface area contributed by atoms with E-state index in [1.54, 1.807) is 0 Å². The highest BCUT2D eigenvalue weighted by Gasteiger charge is 2.47. The van der Waals surface area contributed by atoms with Gasteiger partial charge in [0.25, 0.3) is 0 Å². The topological polar surface area (TPSA) is 37.3 Å². The van der Waals surface area contributed by atoms with Gasteiger partial charge in [0.1, 0.15) is 0 Å². The molecule has 1 saturated carbocycles. The Morgan fingerprint density at radius 2 is 2.00 bits per heavy atom. The third kappa shape index (κ3) is 1.67. The van der Waals surface area contributed by atoms with Crippen molar-refractivity contribution in [2.45, 2.75) is 38.5 Å². The van der Waals surface area contributed by atoms with Crippen LogP contribution in [0.5, 0.6) is 0 Å². The van der Waals surface area contributed by atoms with Crippen LogP contribution in [0.2, 0.25) is 0 Å². The van der Waals surface area contributed by atoms with Crippen molar-refractivity contribution in [3.8, 4) is 0 Å². The molecule has 1 aliphatic carbocycles. The fourth-order valence-electron chi connectivity index (χ4n) is 2.98. The van der Waals surface area contributed by atoms with Gasteiger partial charge in [-0.15, -0.1) is 0 Å². The highest BCUT2D eigenvalue weighted by molar-refractivity contribution is 7.99. The van der Waals surface area contributed by atoms with Crippen LogP contribution in [0.4, 0.5) is 0 Å². The lowest BCUT2D eigenvalue weighted by Crippen LogP contribution is -2.38. The SMILES string of the molecule is O=C(O)C1(C2CCCSC2)CCCC1. The molecule has 1 N–H and O–H groups in total. The lowest BCUT2D eigenvalue weighted by molar-refractivity contribution is -0.152. The quantitative estimate of drug-likeness (QED) is 0.768. The van der Waals surface area contributed by atoms with E-state index >= 15 is 0 Å². The molecule has 1 atom stereocenters. The van der Waals surface area contributed by atoms with Gasteiger partial charge < -0.3 is 5.11 Å². The highest BCUT2D eigenvalue weighted by atomic mass is 32.2. The number of hydrogen-bond acceptors (Lipinski definition) is 2. The molecule has 3 heteroatoms. The van der Waals surface area contributed by atoms with E-state index in [9.17, 15) is 9.90 Å². The number of carboxylic acids is 1. The summed E-state index contributed by atoms with van der Waals surface area (Å²) < 4.78 is 0. The van der Waals surface area contributed by atoms with Crippen molar-refractivity contribution in [3.63, 3.8) is 0 Å². The Labute approximate surface area is 89.5 Å². The minimum atomic E-state index is -0.525. The number of hydrogen-bond donors (Lipinski definition) is 1. The maximum absolute atomic E-state index is 11.4. The lowest BCUT2D eigenvalue weighted by Gasteiger charge is -2.35. The molecule has 14 heavy (non-hydrogen) atoms. The molecule has 0 aromatic heterocycles. The molecule has 0 amide bonds. The molecule has 1 aliphatic heterocycles. The van der Waals surface area contributed by atoms with Crippen molar-refractivity contribution in [3.05, 3.63) is 0 Å². The Morgan fingerprint density at radius 3 is 2.50 bits per heavy atom. The van der Waals surface area contributed by atoms with E-state index in [2.05, 4.69) is 0 Å². The number of aliphatic carboxylic acids is 1. The number of carbonyl (C=O) groups is 1. The minimum absolute atomic E-state index is 0.340. The van der Waals surface area contributed by atoms with E-state index in [4.69, 9.17) is 0 Å². The first-order valence-electron chi connectivity index (χ1n) is 5.57. The van der Waals surface area contributed by atoms with Gasteiger partial charge in [-0.3, -0.25) is 4.79 Å². The second-order valence-corrected chi connectivity index (χ2v) is 5.73. The van der Waals surface area contributed by atoms with Crippen molar-refractivity contribution in [1.82, 2.24) is 0 Å². The van der Waals surface area contributed by atoms with Crippen LogP contribution in [-0.2, 0) is 4.79 Å². The Balaban J connectivity index is 2.12. The third-order valence-electron chi connectivity index (χ3n) is 3.86. The van der Waals surface area contributed by atoms with Gasteiger partial charge in [-0.1, -0.05) is 12.8 Å². The summed E-state index contributed by atoms with van der Waals surface area (Å²) in [6.07, 6.45) is 6.44. The van der Waals surface area contributed by atoms with Gasteiger partial charge in [0.2, 0.25) is 0 Å². The summed E-state index contributed by atoms with van der Waals surface area (Å²) in [5, 5.41) is 9.41. The van der Waals surface area contributed by atoms with Crippen molar-refractivity contribution in [2.75, 3.05) is 11.5 Å². The van der Waals surface area contributed by atoms with Crippen LogP contribution < -0.4 is 0 Å². The molecular weight excluding hydrogens is 196 g/mol. The van der Waals surface area contributed by atoms with Crippen LogP contribution >= 0.6 is 11.8 Å². The smallest absolute Gasteiger partial charge is 0.309 e. The van der Waals surface area contributed by atoms with Gasteiger partial charge in [-0.2, -0.15) is 11.8 Å². The Bertz CT molecular complexity index is 215. The molecule has 2 fully saturated rings. The summed E-state index contributed by atoms with van der Waals surface area (Å²) in [5.41, 5.74) is -0.340. The van der Waals surface area contributed by atoms with Crippen molar-refractivity contribution in [1.29, 1.82) is 0 Å². The first kappa shape index (κ1) is 10.3. The number of rotatable bonds is 2. The van der Waals surface area contributed by atoms with Gasteiger partial charge in [-0.05, 0) is 43.1 Å². The van der Waals surface area contributed by atoms with Gasteiger partial charge in [0.05, 0.1) is 5.41 Å². The molecule has 0 bridgehead atoms. The summed E-state index contributed by atoms with van der Waals surface area (Å²) in [5.74, 6) is 2.22. The second kappa shape index (κ2) is 4.13. The van der Waals surface area contributed by atoms with Crippen LogP contribution in [0.25, 0.3) is 0 Å². The van der Waals surface area contributed by atoms with Crippen LogP contribution in [-0.4, -0.2) is 22.6 Å². The van der Waals surface area contributed by atoms with Gasteiger partial charge in [-0.25, -0.2) is 0 Å². The first-order chi connectivity index (χ1) is 6.76. The Morgan fingerprint density at radius 1 is 1.29 bits per heavy atom. The van der Waals surface area contributed by atoms with Crippen molar-refractivity contribution < 1.29 is 9.90 Å². The largest absolute Gasteiger partial charge is 0.481 e. The normalized spacial score (nSPS) is 31.6. The predicted molar refractivity (Wildman–Crippen MR) is 58.6 cm³/mol. The number of carboxylic acid groups (broad SMARTS) is 1. The highest BCUT2D eigenvalue weighted by Crippen LogP contribution is 2.48. The molecule has 2 nitrogen and oxygen atoms in total.